The summed E-state index contributed by atoms with van der Waals surface area (Å²) in [7, 11) is 0. The minimum absolute atomic E-state index is 0.314. The molecule has 2 nitrogen and oxygen atoms in total. The van der Waals surface area contributed by atoms with E-state index < -0.39 is 0 Å². The quantitative estimate of drug-likeness (QED) is 0.697. The fourth-order valence-electron chi connectivity index (χ4n) is 1.95. The lowest BCUT2D eigenvalue weighted by Crippen LogP contribution is -2.27. The van der Waals surface area contributed by atoms with E-state index in [0.717, 1.165) is 25.2 Å². The van der Waals surface area contributed by atoms with Gasteiger partial charge in [-0.25, -0.2) is 0 Å². The number of likely N-dealkylation sites (tertiary alicyclic amines) is 1. The molecule has 0 saturated carbocycles. The van der Waals surface area contributed by atoms with E-state index in [1.54, 1.807) is 0 Å². The van der Waals surface area contributed by atoms with Gasteiger partial charge in [0.25, 0.3) is 0 Å². The normalized spacial score (nSPS) is 28.1. The Morgan fingerprint density at radius 3 is 3.00 bits per heavy atom. The topological polar surface area (TPSA) is 16.1 Å². The molecule has 0 aliphatic carbocycles. The predicted octanol–water partition coefficient (Wildman–Crippen LogP) is 2.28. The first-order valence-corrected chi connectivity index (χ1v) is 5.47. The molecule has 1 aliphatic rings. The van der Waals surface area contributed by atoms with Crippen LogP contribution < -0.4 is 0 Å². The highest BCUT2D eigenvalue weighted by molar-refractivity contribution is 6.21. The van der Waals surface area contributed by atoms with Crippen molar-refractivity contribution in [1.29, 1.82) is 0 Å². The second-order valence-corrected chi connectivity index (χ2v) is 4.55. The van der Waals surface area contributed by atoms with Gasteiger partial charge in [-0.1, -0.05) is 6.07 Å². The highest BCUT2D eigenvalue weighted by Gasteiger charge is 2.27. The van der Waals surface area contributed by atoms with Gasteiger partial charge in [0.1, 0.15) is 0 Å². The summed E-state index contributed by atoms with van der Waals surface area (Å²) in [5, 5.41) is 0.314. The summed E-state index contributed by atoms with van der Waals surface area (Å²) in [6.45, 7) is 4.13. The Labute approximate surface area is 89.9 Å². The Morgan fingerprint density at radius 1 is 1.57 bits per heavy atom. The van der Waals surface area contributed by atoms with E-state index in [9.17, 15) is 0 Å². The second-order valence-electron chi connectivity index (χ2n) is 3.93. The second kappa shape index (κ2) is 4.28. The van der Waals surface area contributed by atoms with Crippen LogP contribution in [-0.4, -0.2) is 27.8 Å². The molecule has 0 bridgehead atoms. The number of halogens is 1. The van der Waals surface area contributed by atoms with E-state index in [1.165, 1.54) is 0 Å². The van der Waals surface area contributed by atoms with Gasteiger partial charge >= 0.3 is 0 Å². The van der Waals surface area contributed by atoms with Crippen LogP contribution in [0.1, 0.15) is 19.0 Å². The number of hydrogen-bond acceptors (Lipinski definition) is 2. The molecule has 2 heterocycles. The van der Waals surface area contributed by atoms with Crippen LogP contribution >= 0.6 is 11.6 Å². The number of hydrogen-bond donors (Lipinski definition) is 0. The highest BCUT2D eigenvalue weighted by atomic mass is 35.5. The van der Waals surface area contributed by atoms with Gasteiger partial charge in [-0.05, 0) is 25.5 Å². The lowest BCUT2D eigenvalue weighted by atomic mass is 10.2. The number of aromatic nitrogens is 1. The molecule has 0 amide bonds. The Hall–Kier alpha value is -0.600. The van der Waals surface area contributed by atoms with Crippen molar-refractivity contribution in [3.05, 3.63) is 30.1 Å². The summed E-state index contributed by atoms with van der Waals surface area (Å²) in [6, 6.07) is 6.62. The zero-order valence-corrected chi connectivity index (χ0v) is 9.11. The molecule has 2 unspecified atom stereocenters. The van der Waals surface area contributed by atoms with Crippen molar-refractivity contribution in [2.75, 3.05) is 6.54 Å². The zero-order chi connectivity index (χ0) is 9.97. The number of rotatable bonds is 2. The highest BCUT2D eigenvalue weighted by Crippen LogP contribution is 2.22. The van der Waals surface area contributed by atoms with Crippen molar-refractivity contribution in [3.63, 3.8) is 0 Å². The van der Waals surface area contributed by atoms with E-state index in [0.29, 0.717) is 11.4 Å². The third-order valence-corrected chi connectivity index (χ3v) is 3.06. The molecular formula is C11H15ClN2. The number of pyridine rings is 1. The molecule has 1 aromatic heterocycles. The summed E-state index contributed by atoms with van der Waals surface area (Å²) in [6.07, 6.45) is 2.93. The number of nitrogens with zero attached hydrogens (tertiary/aromatic N) is 2. The first-order valence-electron chi connectivity index (χ1n) is 5.04. The molecular weight excluding hydrogens is 196 g/mol. The van der Waals surface area contributed by atoms with Gasteiger partial charge < -0.3 is 0 Å². The molecule has 1 fully saturated rings. The Balaban J connectivity index is 1.98. The molecule has 1 aromatic rings. The standard InChI is InChI=1S/C11H15ClN2/c1-9-6-10(12)7-14(9)8-11-4-2-3-5-13-11/h2-5,9-10H,6-8H2,1H3. The maximum Gasteiger partial charge on any atom is 0.0544 e. The first-order chi connectivity index (χ1) is 6.75. The van der Waals surface area contributed by atoms with E-state index in [-0.39, 0.29) is 0 Å². The Kier molecular flexibility index (Phi) is 3.04. The SMILES string of the molecule is CC1CC(Cl)CN1Cc1ccccn1. The molecule has 0 aromatic carbocycles. The molecule has 0 radical (unpaired) electrons. The molecule has 76 valence electrons. The van der Waals surface area contributed by atoms with Gasteiger partial charge in [0, 0.05) is 30.7 Å². The molecule has 2 atom stereocenters. The van der Waals surface area contributed by atoms with Gasteiger partial charge in [0.2, 0.25) is 0 Å². The van der Waals surface area contributed by atoms with E-state index in [1.807, 2.05) is 18.3 Å². The zero-order valence-electron chi connectivity index (χ0n) is 8.36. The molecule has 0 spiro atoms. The average Bonchev–Trinajstić information content (AvgIpc) is 2.47. The van der Waals surface area contributed by atoms with Crippen LogP contribution in [0, 0.1) is 0 Å². The van der Waals surface area contributed by atoms with Crippen LogP contribution in [0.15, 0.2) is 24.4 Å². The first kappa shape index (κ1) is 9.94. The van der Waals surface area contributed by atoms with Crippen molar-refractivity contribution in [2.45, 2.75) is 31.3 Å². The van der Waals surface area contributed by atoms with E-state index in [4.69, 9.17) is 11.6 Å². The molecule has 1 aliphatic heterocycles. The third-order valence-electron chi connectivity index (χ3n) is 2.74. The van der Waals surface area contributed by atoms with Gasteiger partial charge in [-0.15, -0.1) is 11.6 Å². The van der Waals surface area contributed by atoms with E-state index >= 15 is 0 Å². The Morgan fingerprint density at radius 2 is 2.43 bits per heavy atom. The van der Waals surface area contributed by atoms with Gasteiger partial charge in [-0.2, -0.15) is 0 Å². The van der Waals surface area contributed by atoms with Crippen LogP contribution in [0.3, 0.4) is 0 Å². The summed E-state index contributed by atoms with van der Waals surface area (Å²) in [5.41, 5.74) is 1.13. The largest absolute Gasteiger partial charge is 0.293 e. The predicted molar refractivity (Wildman–Crippen MR) is 58.4 cm³/mol. The van der Waals surface area contributed by atoms with Crippen molar-refractivity contribution in [3.8, 4) is 0 Å². The summed E-state index contributed by atoms with van der Waals surface area (Å²) in [4.78, 5) is 6.71. The van der Waals surface area contributed by atoms with Gasteiger partial charge in [0.15, 0.2) is 0 Å². The molecule has 2 rings (SSSR count). The summed E-state index contributed by atoms with van der Waals surface area (Å²) in [5.74, 6) is 0. The van der Waals surface area contributed by atoms with Crippen molar-refractivity contribution >= 4 is 11.6 Å². The minimum Gasteiger partial charge on any atom is -0.293 e. The maximum absolute atomic E-state index is 6.11. The lowest BCUT2D eigenvalue weighted by Gasteiger charge is -2.19. The molecule has 1 saturated heterocycles. The number of alkyl halides is 1. The van der Waals surface area contributed by atoms with Gasteiger partial charge in [0.05, 0.1) is 5.69 Å². The third kappa shape index (κ3) is 2.25. The smallest absolute Gasteiger partial charge is 0.0544 e. The van der Waals surface area contributed by atoms with Crippen LogP contribution in [0.25, 0.3) is 0 Å². The summed E-state index contributed by atoms with van der Waals surface area (Å²) >= 11 is 6.11. The maximum atomic E-state index is 6.11. The van der Waals surface area contributed by atoms with Crippen LogP contribution in [0.5, 0.6) is 0 Å². The molecule has 3 heteroatoms. The van der Waals surface area contributed by atoms with Crippen molar-refractivity contribution < 1.29 is 0 Å². The summed E-state index contributed by atoms with van der Waals surface area (Å²) < 4.78 is 0. The minimum atomic E-state index is 0.314. The van der Waals surface area contributed by atoms with Crippen LogP contribution in [0.4, 0.5) is 0 Å². The lowest BCUT2D eigenvalue weighted by molar-refractivity contribution is 0.257. The van der Waals surface area contributed by atoms with Crippen LogP contribution in [-0.2, 0) is 6.54 Å². The van der Waals surface area contributed by atoms with E-state index in [2.05, 4.69) is 22.9 Å². The van der Waals surface area contributed by atoms with Crippen molar-refractivity contribution in [2.24, 2.45) is 0 Å². The average molecular weight is 211 g/mol. The fraction of sp³-hybridized carbons (Fsp3) is 0.545. The Bertz CT molecular complexity index is 289. The fourth-order valence-corrected chi connectivity index (χ4v) is 2.38. The van der Waals surface area contributed by atoms with Crippen molar-refractivity contribution in [1.82, 2.24) is 9.88 Å². The molecule has 0 N–H and O–H groups in total. The van der Waals surface area contributed by atoms with Crippen LogP contribution in [0.2, 0.25) is 0 Å². The monoisotopic (exact) mass is 210 g/mol. The van der Waals surface area contributed by atoms with Gasteiger partial charge in [-0.3, -0.25) is 9.88 Å². The molecule has 14 heavy (non-hydrogen) atoms.